The van der Waals surface area contributed by atoms with Crippen molar-refractivity contribution in [2.24, 2.45) is 0 Å². The van der Waals surface area contributed by atoms with Gasteiger partial charge in [0.2, 0.25) is 6.10 Å². The maximum atomic E-state index is 13.1. The fourth-order valence-corrected chi connectivity index (χ4v) is 3.49. The Hall–Kier alpha value is -2.50. The lowest BCUT2D eigenvalue weighted by Gasteiger charge is -2.35. The highest BCUT2D eigenvalue weighted by atomic mass is 16.6. The van der Waals surface area contributed by atoms with Crippen LogP contribution in [0.1, 0.15) is 19.8 Å². The summed E-state index contributed by atoms with van der Waals surface area (Å²) in [6.07, 6.45) is 4.79. The van der Waals surface area contributed by atoms with E-state index in [1.54, 1.807) is 6.20 Å². The van der Waals surface area contributed by atoms with E-state index in [4.69, 9.17) is 9.47 Å². The predicted molar refractivity (Wildman–Crippen MR) is 87.9 cm³/mol. The SMILES string of the molecule is C[C@@H]1Oc2ccccc2O[C@@H]1C(=O)N1CCC[C@@H]1Cn1cccn1. The van der Waals surface area contributed by atoms with Crippen molar-refractivity contribution >= 4 is 5.91 Å². The molecule has 1 saturated heterocycles. The molecular formula is C18H21N3O3. The Kier molecular flexibility index (Phi) is 3.88. The first-order chi connectivity index (χ1) is 11.7. The summed E-state index contributed by atoms with van der Waals surface area (Å²) >= 11 is 0. The van der Waals surface area contributed by atoms with Crippen molar-refractivity contribution in [2.75, 3.05) is 6.54 Å². The molecule has 24 heavy (non-hydrogen) atoms. The number of hydrogen-bond donors (Lipinski definition) is 0. The first kappa shape index (κ1) is 15.1. The number of carbonyl (C=O) groups excluding carboxylic acids is 1. The Labute approximate surface area is 141 Å². The van der Waals surface area contributed by atoms with Gasteiger partial charge in [-0.25, -0.2) is 0 Å². The predicted octanol–water partition coefficient (Wildman–Crippen LogP) is 2.10. The molecule has 0 radical (unpaired) electrons. The number of para-hydroxylation sites is 2. The highest BCUT2D eigenvalue weighted by Gasteiger charge is 2.40. The Morgan fingerprint density at radius 1 is 1.25 bits per heavy atom. The molecule has 6 heteroatoms. The van der Waals surface area contributed by atoms with Crippen LogP contribution in [-0.2, 0) is 11.3 Å². The molecule has 2 aliphatic heterocycles. The molecule has 126 valence electrons. The van der Waals surface area contributed by atoms with Crippen LogP contribution in [0.5, 0.6) is 11.5 Å². The van der Waals surface area contributed by atoms with Gasteiger partial charge < -0.3 is 14.4 Å². The molecule has 1 aromatic heterocycles. The lowest BCUT2D eigenvalue weighted by molar-refractivity contribution is -0.145. The zero-order valence-electron chi connectivity index (χ0n) is 13.7. The normalized spacial score (nSPS) is 25.7. The minimum atomic E-state index is -0.599. The lowest BCUT2D eigenvalue weighted by atomic mass is 10.1. The van der Waals surface area contributed by atoms with Crippen LogP contribution in [-0.4, -0.2) is 45.4 Å². The summed E-state index contributed by atoms with van der Waals surface area (Å²) in [6.45, 7) is 3.37. The van der Waals surface area contributed by atoms with Crippen LogP contribution in [0.15, 0.2) is 42.7 Å². The number of benzene rings is 1. The Balaban J connectivity index is 1.50. The average molecular weight is 327 g/mol. The average Bonchev–Trinajstić information content (AvgIpc) is 3.26. The van der Waals surface area contributed by atoms with Gasteiger partial charge in [-0.3, -0.25) is 9.48 Å². The third-order valence-electron chi connectivity index (χ3n) is 4.70. The van der Waals surface area contributed by atoms with Crippen molar-refractivity contribution in [2.45, 2.75) is 44.6 Å². The van der Waals surface area contributed by atoms with Gasteiger partial charge in [0.1, 0.15) is 6.10 Å². The number of amides is 1. The van der Waals surface area contributed by atoms with Gasteiger partial charge in [0.25, 0.3) is 5.91 Å². The maximum Gasteiger partial charge on any atom is 0.267 e. The van der Waals surface area contributed by atoms with Crippen molar-refractivity contribution in [1.29, 1.82) is 0 Å². The van der Waals surface area contributed by atoms with E-state index in [9.17, 15) is 4.79 Å². The van der Waals surface area contributed by atoms with Gasteiger partial charge in [-0.2, -0.15) is 5.10 Å². The van der Waals surface area contributed by atoms with Crippen LogP contribution >= 0.6 is 0 Å². The summed E-state index contributed by atoms with van der Waals surface area (Å²) in [5.41, 5.74) is 0. The van der Waals surface area contributed by atoms with Crippen molar-refractivity contribution in [3.05, 3.63) is 42.7 Å². The lowest BCUT2D eigenvalue weighted by Crippen LogP contribution is -2.52. The third kappa shape index (κ3) is 2.72. The number of nitrogens with zero attached hydrogens (tertiary/aromatic N) is 3. The fourth-order valence-electron chi connectivity index (χ4n) is 3.49. The Morgan fingerprint density at radius 2 is 2.04 bits per heavy atom. The van der Waals surface area contributed by atoms with E-state index < -0.39 is 6.10 Å². The van der Waals surface area contributed by atoms with Gasteiger partial charge in [-0.1, -0.05) is 12.1 Å². The molecule has 2 aromatic rings. The van der Waals surface area contributed by atoms with E-state index in [1.165, 1.54) is 0 Å². The molecule has 3 heterocycles. The minimum Gasteiger partial charge on any atom is -0.482 e. The zero-order chi connectivity index (χ0) is 16.5. The van der Waals surface area contributed by atoms with Gasteiger partial charge in [-0.15, -0.1) is 0 Å². The molecule has 1 fully saturated rings. The Bertz CT molecular complexity index is 716. The van der Waals surface area contributed by atoms with E-state index in [-0.39, 0.29) is 18.1 Å². The summed E-state index contributed by atoms with van der Waals surface area (Å²) in [4.78, 5) is 15.0. The van der Waals surface area contributed by atoms with Crippen molar-refractivity contribution in [3.8, 4) is 11.5 Å². The monoisotopic (exact) mass is 327 g/mol. The van der Waals surface area contributed by atoms with E-state index in [0.29, 0.717) is 11.5 Å². The molecule has 2 aliphatic rings. The van der Waals surface area contributed by atoms with Crippen LogP contribution < -0.4 is 9.47 Å². The molecule has 0 N–H and O–H groups in total. The smallest absolute Gasteiger partial charge is 0.267 e. The quantitative estimate of drug-likeness (QED) is 0.866. The van der Waals surface area contributed by atoms with Gasteiger partial charge in [0, 0.05) is 18.9 Å². The van der Waals surface area contributed by atoms with Crippen LogP contribution in [0.4, 0.5) is 0 Å². The molecule has 0 spiro atoms. The summed E-state index contributed by atoms with van der Waals surface area (Å²) < 4.78 is 13.7. The third-order valence-corrected chi connectivity index (χ3v) is 4.70. The fraction of sp³-hybridized carbons (Fsp3) is 0.444. The molecule has 0 unspecified atom stereocenters. The number of fused-ring (bicyclic) bond motifs is 1. The molecule has 4 rings (SSSR count). The molecule has 3 atom stereocenters. The van der Waals surface area contributed by atoms with Gasteiger partial charge >= 0.3 is 0 Å². The molecule has 0 aliphatic carbocycles. The highest BCUT2D eigenvalue weighted by Crippen LogP contribution is 2.34. The highest BCUT2D eigenvalue weighted by molar-refractivity contribution is 5.83. The number of aromatic nitrogens is 2. The molecular weight excluding hydrogens is 306 g/mol. The largest absolute Gasteiger partial charge is 0.482 e. The number of hydrogen-bond acceptors (Lipinski definition) is 4. The van der Waals surface area contributed by atoms with E-state index in [1.807, 2.05) is 53.0 Å². The second-order valence-corrected chi connectivity index (χ2v) is 6.36. The van der Waals surface area contributed by atoms with Gasteiger partial charge in [0.05, 0.1) is 12.6 Å². The molecule has 6 nitrogen and oxygen atoms in total. The van der Waals surface area contributed by atoms with E-state index in [0.717, 1.165) is 25.9 Å². The second-order valence-electron chi connectivity index (χ2n) is 6.36. The number of rotatable bonds is 3. The summed E-state index contributed by atoms with van der Waals surface area (Å²) in [5.74, 6) is 1.34. The topological polar surface area (TPSA) is 56.6 Å². The van der Waals surface area contributed by atoms with Crippen LogP contribution in [0, 0.1) is 0 Å². The number of carbonyl (C=O) groups is 1. The molecule has 0 bridgehead atoms. The van der Waals surface area contributed by atoms with Crippen molar-refractivity contribution in [1.82, 2.24) is 14.7 Å². The molecule has 1 aromatic carbocycles. The molecule has 0 saturated carbocycles. The first-order valence-electron chi connectivity index (χ1n) is 8.42. The van der Waals surface area contributed by atoms with Crippen LogP contribution in [0.25, 0.3) is 0 Å². The number of ether oxygens (including phenoxy) is 2. The summed E-state index contributed by atoms with van der Waals surface area (Å²) in [6, 6.07) is 9.55. The van der Waals surface area contributed by atoms with E-state index in [2.05, 4.69) is 5.10 Å². The van der Waals surface area contributed by atoms with Gasteiger partial charge in [-0.05, 0) is 38.0 Å². The van der Waals surface area contributed by atoms with E-state index >= 15 is 0 Å². The maximum absolute atomic E-state index is 13.1. The summed E-state index contributed by atoms with van der Waals surface area (Å²) in [5, 5.41) is 4.25. The molecule has 1 amide bonds. The minimum absolute atomic E-state index is 0.00617. The van der Waals surface area contributed by atoms with Crippen LogP contribution in [0.3, 0.4) is 0 Å². The zero-order valence-corrected chi connectivity index (χ0v) is 13.7. The van der Waals surface area contributed by atoms with Gasteiger partial charge in [0.15, 0.2) is 11.5 Å². The van der Waals surface area contributed by atoms with Crippen LogP contribution in [0.2, 0.25) is 0 Å². The second kappa shape index (κ2) is 6.19. The number of likely N-dealkylation sites (tertiary alicyclic amines) is 1. The first-order valence-corrected chi connectivity index (χ1v) is 8.42. The van der Waals surface area contributed by atoms with Crippen molar-refractivity contribution in [3.63, 3.8) is 0 Å². The standard InChI is InChI=1S/C18H21N3O3/c1-13-17(24-16-8-3-2-7-15(16)23-13)18(22)21-11-4-6-14(21)12-20-10-5-9-19-20/h2-3,5,7-10,13-14,17H,4,6,11-12H2,1H3/t13-,14+,17-/m0/s1. The Morgan fingerprint density at radius 3 is 2.79 bits per heavy atom. The van der Waals surface area contributed by atoms with Crippen molar-refractivity contribution < 1.29 is 14.3 Å². The summed E-state index contributed by atoms with van der Waals surface area (Å²) in [7, 11) is 0.